The third-order valence-electron chi connectivity index (χ3n) is 3.94. The maximum atomic E-state index is 5.91. The summed E-state index contributed by atoms with van der Waals surface area (Å²) in [4.78, 5) is 4.20. The van der Waals surface area contributed by atoms with E-state index in [-0.39, 0.29) is 0 Å². The highest BCUT2D eigenvalue weighted by Gasteiger charge is 2.11. The first-order valence-corrected chi connectivity index (χ1v) is 8.77. The normalized spacial score (nSPS) is 11.0. The molecule has 4 rings (SSSR count). The van der Waals surface area contributed by atoms with E-state index in [0.717, 1.165) is 28.2 Å². The van der Waals surface area contributed by atoms with Crippen molar-refractivity contribution in [3.63, 3.8) is 0 Å². The third-order valence-corrected chi connectivity index (χ3v) is 4.19. The molecule has 0 unspecified atom stereocenters. The Morgan fingerprint density at radius 3 is 2.52 bits per heavy atom. The van der Waals surface area contributed by atoms with Gasteiger partial charge in [0.25, 0.3) is 0 Å². The zero-order valence-corrected chi connectivity index (χ0v) is 15.1. The molecule has 4 aromatic rings. The lowest BCUT2D eigenvalue weighted by Gasteiger charge is -2.00. The second-order valence-electron chi connectivity index (χ2n) is 5.83. The van der Waals surface area contributed by atoms with E-state index in [1.54, 1.807) is 18.6 Å². The number of nitrogens with zero attached hydrogens (tertiary/aromatic N) is 4. The van der Waals surface area contributed by atoms with Gasteiger partial charge < -0.3 is 0 Å². The van der Waals surface area contributed by atoms with Crippen LogP contribution >= 0.6 is 11.6 Å². The number of aromatic nitrogens is 3. The molecule has 0 aliphatic carbocycles. The largest absolute Gasteiger partial charge is 0.279 e. The van der Waals surface area contributed by atoms with Crippen LogP contribution in [0.1, 0.15) is 5.56 Å². The topological polar surface area (TPSA) is 55.1 Å². The van der Waals surface area contributed by atoms with E-state index >= 15 is 0 Å². The molecular weight excluding hydrogens is 358 g/mol. The molecule has 0 saturated heterocycles. The van der Waals surface area contributed by atoms with Gasteiger partial charge in [0, 0.05) is 34.7 Å². The highest BCUT2D eigenvalue weighted by Crippen LogP contribution is 2.22. The van der Waals surface area contributed by atoms with Crippen LogP contribution in [0.4, 0.5) is 5.69 Å². The number of benzene rings is 2. The molecule has 0 bridgehead atoms. The maximum absolute atomic E-state index is 5.91. The second-order valence-corrected chi connectivity index (χ2v) is 6.27. The predicted octanol–water partition coefficient (Wildman–Crippen LogP) is 5.03. The number of hydrogen-bond acceptors (Lipinski definition) is 4. The zero-order chi connectivity index (χ0) is 18.5. The van der Waals surface area contributed by atoms with Gasteiger partial charge in [-0.2, -0.15) is 10.2 Å². The number of hydrogen-bond donors (Lipinski definition) is 1. The summed E-state index contributed by atoms with van der Waals surface area (Å²) in [6, 6.07) is 21.2. The number of rotatable bonds is 5. The fourth-order valence-electron chi connectivity index (χ4n) is 2.62. The van der Waals surface area contributed by atoms with Crippen molar-refractivity contribution in [2.24, 2.45) is 5.10 Å². The van der Waals surface area contributed by atoms with E-state index in [2.05, 4.69) is 15.5 Å². The van der Waals surface area contributed by atoms with Gasteiger partial charge in [-0.15, -0.1) is 0 Å². The minimum atomic E-state index is 0.688. The molecule has 0 amide bonds. The molecule has 0 saturated carbocycles. The third kappa shape index (κ3) is 4.04. The van der Waals surface area contributed by atoms with Crippen molar-refractivity contribution in [1.82, 2.24) is 14.8 Å². The monoisotopic (exact) mass is 373 g/mol. The fraction of sp³-hybridized carbons (Fsp3) is 0. The van der Waals surface area contributed by atoms with Crippen LogP contribution < -0.4 is 5.43 Å². The van der Waals surface area contributed by atoms with Crippen molar-refractivity contribution in [3.8, 4) is 16.9 Å². The van der Waals surface area contributed by atoms with Crippen LogP contribution in [0.15, 0.2) is 90.4 Å². The summed E-state index contributed by atoms with van der Waals surface area (Å²) in [7, 11) is 0. The smallest absolute Gasteiger partial charge is 0.103 e. The molecule has 0 radical (unpaired) electrons. The van der Waals surface area contributed by atoms with Crippen LogP contribution in [0.5, 0.6) is 0 Å². The molecule has 0 aliphatic rings. The zero-order valence-electron chi connectivity index (χ0n) is 14.3. The predicted molar refractivity (Wildman–Crippen MR) is 109 cm³/mol. The van der Waals surface area contributed by atoms with Crippen LogP contribution in [0.25, 0.3) is 16.9 Å². The average molecular weight is 374 g/mol. The van der Waals surface area contributed by atoms with E-state index in [4.69, 9.17) is 16.7 Å². The number of hydrazone groups is 1. The molecule has 0 spiro atoms. The highest BCUT2D eigenvalue weighted by molar-refractivity contribution is 6.30. The number of anilines is 1. The Kier molecular flexibility index (Phi) is 4.94. The van der Waals surface area contributed by atoms with Gasteiger partial charge in [0.2, 0.25) is 0 Å². The standard InChI is InChI=1S/C21H16ClN5/c22-18-8-10-19(11-9-18)25-24-14-17-15-27(20-6-2-1-3-7-20)26-21(17)16-5-4-12-23-13-16/h1-15,25H/b24-14-. The fourth-order valence-corrected chi connectivity index (χ4v) is 2.75. The van der Waals surface area contributed by atoms with E-state index in [9.17, 15) is 0 Å². The molecule has 2 heterocycles. The van der Waals surface area contributed by atoms with Gasteiger partial charge in [-0.3, -0.25) is 10.4 Å². The lowest BCUT2D eigenvalue weighted by atomic mass is 10.1. The molecule has 132 valence electrons. The van der Waals surface area contributed by atoms with Crippen LogP contribution in [0.3, 0.4) is 0 Å². The van der Waals surface area contributed by atoms with Gasteiger partial charge in [0.05, 0.1) is 17.6 Å². The highest BCUT2D eigenvalue weighted by atomic mass is 35.5. The van der Waals surface area contributed by atoms with Crippen LogP contribution in [-0.2, 0) is 0 Å². The molecule has 2 aromatic carbocycles. The summed E-state index contributed by atoms with van der Waals surface area (Å²) in [6.45, 7) is 0. The van der Waals surface area contributed by atoms with E-state index in [1.165, 1.54) is 0 Å². The first kappa shape index (κ1) is 17.0. The summed E-state index contributed by atoms with van der Waals surface area (Å²) in [5.74, 6) is 0. The SMILES string of the molecule is Clc1ccc(N/N=C\c2cn(-c3ccccc3)nc2-c2cccnc2)cc1. The van der Waals surface area contributed by atoms with Crippen molar-refractivity contribution in [2.75, 3.05) is 5.43 Å². The Hall–Kier alpha value is -3.44. The Labute approximate surface area is 162 Å². The second kappa shape index (κ2) is 7.85. The van der Waals surface area contributed by atoms with Gasteiger partial charge in [-0.25, -0.2) is 4.68 Å². The maximum Gasteiger partial charge on any atom is 0.103 e. The number of pyridine rings is 1. The van der Waals surface area contributed by atoms with Crippen molar-refractivity contribution >= 4 is 23.5 Å². The molecule has 1 N–H and O–H groups in total. The van der Waals surface area contributed by atoms with Gasteiger partial charge in [0.1, 0.15) is 5.69 Å². The number of halogens is 1. The minimum Gasteiger partial charge on any atom is -0.279 e. The summed E-state index contributed by atoms with van der Waals surface area (Å²) in [5.41, 5.74) is 7.47. The Balaban J connectivity index is 1.66. The first-order valence-electron chi connectivity index (χ1n) is 8.40. The van der Waals surface area contributed by atoms with E-state index in [1.807, 2.05) is 77.6 Å². The summed E-state index contributed by atoms with van der Waals surface area (Å²) >= 11 is 5.91. The van der Waals surface area contributed by atoms with E-state index in [0.29, 0.717) is 5.02 Å². The molecule has 0 atom stereocenters. The average Bonchev–Trinajstić information content (AvgIpc) is 3.15. The van der Waals surface area contributed by atoms with Crippen molar-refractivity contribution < 1.29 is 0 Å². The minimum absolute atomic E-state index is 0.688. The quantitative estimate of drug-likeness (QED) is 0.394. The Morgan fingerprint density at radius 1 is 0.963 bits per heavy atom. The first-order chi connectivity index (χ1) is 13.3. The Bertz CT molecular complexity index is 1040. The van der Waals surface area contributed by atoms with Gasteiger partial charge in [-0.1, -0.05) is 29.8 Å². The number of nitrogens with one attached hydrogen (secondary N) is 1. The molecule has 6 heteroatoms. The van der Waals surface area contributed by atoms with Gasteiger partial charge in [-0.05, 0) is 48.5 Å². The summed E-state index contributed by atoms with van der Waals surface area (Å²) < 4.78 is 1.84. The van der Waals surface area contributed by atoms with Crippen molar-refractivity contribution in [1.29, 1.82) is 0 Å². The number of para-hydroxylation sites is 1. The molecule has 5 nitrogen and oxygen atoms in total. The van der Waals surface area contributed by atoms with E-state index < -0.39 is 0 Å². The Morgan fingerprint density at radius 2 is 1.78 bits per heavy atom. The molecule has 0 fully saturated rings. The summed E-state index contributed by atoms with van der Waals surface area (Å²) in [6.07, 6.45) is 7.24. The van der Waals surface area contributed by atoms with Gasteiger partial charge >= 0.3 is 0 Å². The molecular formula is C21H16ClN5. The molecule has 2 aromatic heterocycles. The van der Waals surface area contributed by atoms with Crippen molar-refractivity contribution in [2.45, 2.75) is 0 Å². The van der Waals surface area contributed by atoms with Crippen LogP contribution in [0.2, 0.25) is 5.02 Å². The molecule has 0 aliphatic heterocycles. The summed E-state index contributed by atoms with van der Waals surface area (Å²) in [5, 5.41) is 9.76. The van der Waals surface area contributed by atoms with Gasteiger partial charge in [0.15, 0.2) is 0 Å². The van der Waals surface area contributed by atoms with Crippen LogP contribution in [0, 0.1) is 0 Å². The van der Waals surface area contributed by atoms with Crippen molar-refractivity contribution in [3.05, 3.63) is 95.9 Å². The lowest BCUT2D eigenvalue weighted by molar-refractivity contribution is 0.884. The molecule has 27 heavy (non-hydrogen) atoms. The lowest BCUT2D eigenvalue weighted by Crippen LogP contribution is -1.94. The van der Waals surface area contributed by atoms with Crippen LogP contribution in [-0.4, -0.2) is 21.0 Å².